The van der Waals surface area contributed by atoms with Crippen LogP contribution in [0.2, 0.25) is 5.02 Å². The summed E-state index contributed by atoms with van der Waals surface area (Å²) in [5, 5.41) is 3.38. The van der Waals surface area contributed by atoms with E-state index in [9.17, 15) is 18.0 Å². The Morgan fingerprint density at radius 3 is 2.03 bits per heavy atom. The maximum atomic E-state index is 13.5. The third kappa shape index (κ3) is 7.20. The Bertz CT molecular complexity index is 1080. The summed E-state index contributed by atoms with van der Waals surface area (Å²) in [6.45, 7) is 8.62. The number of rotatable bonds is 9. The summed E-state index contributed by atoms with van der Waals surface area (Å²) in [5.41, 5.74) is 2.72. The third-order valence-electron chi connectivity index (χ3n) is 5.23. The predicted octanol–water partition coefficient (Wildman–Crippen LogP) is 3.66. The van der Waals surface area contributed by atoms with E-state index in [4.69, 9.17) is 11.6 Å². The fourth-order valence-electron chi connectivity index (χ4n) is 3.55. The molecule has 33 heavy (non-hydrogen) atoms. The Morgan fingerprint density at radius 2 is 1.55 bits per heavy atom. The van der Waals surface area contributed by atoms with Gasteiger partial charge in [-0.1, -0.05) is 41.9 Å². The van der Waals surface area contributed by atoms with Gasteiger partial charge in [-0.05, 0) is 63.4 Å². The highest BCUT2D eigenvalue weighted by Gasteiger charge is 2.31. The summed E-state index contributed by atoms with van der Waals surface area (Å²) in [7, 11) is -3.77. The lowest BCUT2D eigenvalue weighted by molar-refractivity contribution is -0.139. The first-order valence-corrected chi connectivity index (χ1v) is 12.9. The summed E-state index contributed by atoms with van der Waals surface area (Å²) >= 11 is 5.98. The number of hydrogen-bond acceptors (Lipinski definition) is 4. The predicted molar refractivity (Wildman–Crippen MR) is 133 cm³/mol. The standard InChI is InChI=1S/C24H32ClN3O4S/c1-16(2)26-24(30)19(5)27(14-20-10-12-21(25)13-11-20)22(29)15-28(33(6,31)32)23-17(3)8-7-9-18(23)4/h7-13,16,19H,14-15H2,1-6H3,(H,26,30)/t19-/m0/s1. The first kappa shape index (κ1) is 26.7. The van der Waals surface area contributed by atoms with E-state index >= 15 is 0 Å². The molecule has 2 aromatic carbocycles. The van der Waals surface area contributed by atoms with Gasteiger partial charge in [-0.3, -0.25) is 13.9 Å². The second-order valence-electron chi connectivity index (χ2n) is 8.50. The average Bonchev–Trinajstić information content (AvgIpc) is 2.70. The molecule has 0 heterocycles. The van der Waals surface area contributed by atoms with Crippen LogP contribution in [0.3, 0.4) is 0 Å². The molecule has 1 N–H and O–H groups in total. The first-order chi connectivity index (χ1) is 15.3. The van der Waals surface area contributed by atoms with Crippen LogP contribution in [0.25, 0.3) is 0 Å². The smallest absolute Gasteiger partial charge is 0.244 e. The van der Waals surface area contributed by atoms with Crippen molar-refractivity contribution in [2.45, 2.75) is 53.2 Å². The number of benzene rings is 2. The number of aryl methyl sites for hydroxylation is 2. The number of halogens is 1. The highest BCUT2D eigenvalue weighted by atomic mass is 35.5. The van der Waals surface area contributed by atoms with Gasteiger partial charge < -0.3 is 10.2 Å². The van der Waals surface area contributed by atoms with Gasteiger partial charge in [0.2, 0.25) is 21.8 Å². The van der Waals surface area contributed by atoms with E-state index in [0.29, 0.717) is 10.7 Å². The molecule has 0 radical (unpaired) electrons. The first-order valence-electron chi connectivity index (χ1n) is 10.7. The molecular weight excluding hydrogens is 462 g/mol. The maximum Gasteiger partial charge on any atom is 0.244 e. The van der Waals surface area contributed by atoms with Gasteiger partial charge in [-0.2, -0.15) is 0 Å². The Balaban J connectivity index is 2.44. The van der Waals surface area contributed by atoms with E-state index in [0.717, 1.165) is 27.3 Å². The monoisotopic (exact) mass is 493 g/mol. The number of carbonyl (C=O) groups is 2. The van der Waals surface area contributed by atoms with E-state index in [1.807, 2.05) is 19.9 Å². The van der Waals surface area contributed by atoms with Gasteiger partial charge in [0.05, 0.1) is 11.9 Å². The summed E-state index contributed by atoms with van der Waals surface area (Å²) in [4.78, 5) is 27.7. The van der Waals surface area contributed by atoms with Crippen molar-refractivity contribution in [1.29, 1.82) is 0 Å². The normalized spacial score (nSPS) is 12.4. The number of nitrogens with one attached hydrogen (secondary N) is 1. The minimum absolute atomic E-state index is 0.102. The Morgan fingerprint density at radius 1 is 1.00 bits per heavy atom. The molecule has 9 heteroatoms. The third-order valence-corrected chi connectivity index (χ3v) is 6.60. The summed E-state index contributed by atoms with van der Waals surface area (Å²) in [6, 6.07) is 11.5. The fraction of sp³-hybridized carbons (Fsp3) is 0.417. The van der Waals surface area contributed by atoms with E-state index in [-0.39, 0.29) is 18.5 Å². The molecule has 0 saturated carbocycles. The number of nitrogens with zero attached hydrogens (tertiary/aromatic N) is 2. The number of para-hydroxylation sites is 1. The summed E-state index contributed by atoms with van der Waals surface area (Å²) in [6.07, 6.45) is 1.07. The maximum absolute atomic E-state index is 13.5. The Labute approximate surface area is 201 Å². The van der Waals surface area contributed by atoms with Gasteiger partial charge >= 0.3 is 0 Å². The van der Waals surface area contributed by atoms with Gasteiger partial charge in [-0.25, -0.2) is 8.42 Å². The molecule has 180 valence electrons. The van der Waals surface area contributed by atoms with Crippen molar-refractivity contribution in [3.63, 3.8) is 0 Å². The molecule has 2 amide bonds. The lowest BCUT2D eigenvalue weighted by atomic mass is 10.1. The van der Waals surface area contributed by atoms with Crippen molar-refractivity contribution in [2.75, 3.05) is 17.1 Å². The molecule has 7 nitrogen and oxygen atoms in total. The molecule has 0 saturated heterocycles. The molecule has 0 aliphatic heterocycles. The van der Waals surface area contributed by atoms with Gasteiger partial charge in [0.1, 0.15) is 12.6 Å². The minimum atomic E-state index is -3.77. The van der Waals surface area contributed by atoms with Crippen LogP contribution in [0.5, 0.6) is 0 Å². The highest BCUT2D eigenvalue weighted by Crippen LogP contribution is 2.27. The van der Waals surface area contributed by atoms with Crippen LogP contribution < -0.4 is 9.62 Å². The molecule has 1 atom stereocenters. The molecule has 0 spiro atoms. The van der Waals surface area contributed by atoms with Gasteiger partial charge in [0.25, 0.3) is 0 Å². The zero-order valence-corrected chi connectivity index (χ0v) is 21.5. The molecule has 0 aromatic heterocycles. The Hall–Kier alpha value is -2.58. The van der Waals surface area contributed by atoms with E-state index < -0.39 is 28.5 Å². The largest absolute Gasteiger partial charge is 0.352 e. The van der Waals surface area contributed by atoms with Crippen molar-refractivity contribution in [2.24, 2.45) is 0 Å². The van der Waals surface area contributed by atoms with Crippen LogP contribution in [-0.2, 0) is 26.2 Å². The lowest BCUT2D eigenvalue weighted by Crippen LogP contribution is -2.52. The van der Waals surface area contributed by atoms with Crippen molar-refractivity contribution in [3.05, 3.63) is 64.2 Å². The Kier molecular flexibility index (Phi) is 8.91. The van der Waals surface area contributed by atoms with E-state index in [2.05, 4.69) is 5.32 Å². The second kappa shape index (κ2) is 11.0. The number of amides is 2. The van der Waals surface area contributed by atoms with Gasteiger partial charge in [0.15, 0.2) is 0 Å². The fourth-order valence-corrected chi connectivity index (χ4v) is 4.64. The van der Waals surface area contributed by atoms with E-state index in [1.165, 1.54) is 4.90 Å². The van der Waals surface area contributed by atoms with Crippen molar-refractivity contribution in [3.8, 4) is 0 Å². The topological polar surface area (TPSA) is 86.8 Å². The number of carbonyl (C=O) groups excluding carboxylic acids is 2. The summed E-state index contributed by atoms with van der Waals surface area (Å²) < 4.78 is 26.5. The SMILES string of the molecule is Cc1cccc(C)c1N(CC(=O)N(Cc1ccc(Cl)cc1)[C@@H](C)C(=O)NC(C)C)S(C)(=O)=O. The molecule has 0 bridgehead atoms. The zero-order valence-electron chi connectivity index (χ0n) is 19.9. The van der Waals surface area contributed by atoms with Crippen LogP contribution in [0.1, 0.15) is 37.5 Å². The number of anilines is 1. The molecule has 0 aliphatic carbocycles. The van der Waals surface area contributed by atoms with Gasteiger partial charge in [0, 0.05) is 17.6 Å². The van der Waals surface area contributed by atoms with Gasteiger partial charge in [-0.15, -0.1) is 0 Å². The van der Waals surface area contributed by atoms with Crippen LogP contribution >= 0.6 is 11.6 Å². The molecule has 0 fully saturated rings. The molecule has 0 unspecified atom stereocenters. The van der Waals surface area contributed by atoms with Crippen molar-refractivity contribution >= 4 is 39.1 Å². The molecule has 0 aliphatic rings. The molecule has 2 aromatic rings. The molecule has 2 rings (SSSR count). The molecular formula is C24H32ClN3O4S. The number of hydrogen-bond donors (Lipinski definition) is 1. The van der Waals surface area contributed by atoms with E-state index in [1.54, 1.807) is 57.2 Å². The quantitative estimate of drug-likeness (QED) is 0.577. The van der Waals surface area contributed by atoms with Crippen molar-refractivity contribution in [1.82, 2.24) is 10.2 Å². The van der Waals surface area contributed by atoms with Crippen LogP contribution in [0.4, 0.5) is 5.69 Å². The summed E-state index contributed by atoms with van der Waals surface area (Å²) in [5.74, 6) is -0.797. The zero-order chi connectivity index (χ0) is 24.9. The van der Waals surface area contributed by atoms with Crippen LogP contribution in [-0.4, -0.2) is 50.0 Å². The average molecular weight is 494 g/mol. The lowest BCUT2D eigenvalue weighted by Gasteiger charge is -2.32. The number of sulfonamides is 1. The minimum Gasteiger partial charge on any atom is -0.352 e. The second-order valence-corrected chi connectivity index (χ2v) is 10.8. The highest BCUT2D eigenvalue weighted by molar-refractivity contribution is 7.92. The van der Waals surface area contributed by atoms with Crippen LogP contribution in [0.15, 0.2) is 42.5 Å². The van der Waals surface area contributed by atoms with Crippen molar-refractivity contribution < 1.29 is 18.0 Å². The van der Waals surface area contributed by atoms with Crippen LogP contribution in [0, 0.1) is 13.8 Å².